The molecule has 0 unspecified atom stereocenters. The van der Waals surface area contributed by atoms with Crippen molar-refractivity contribution >= 4 is 5.84 Å². The second-order valence-electron chi connectivity index (χ2n) is 5.78. The summed E-state index contributed by atoms with van der Waals surface area (Å²) in [6.07, 6.45) is 5.09. The predicted molar refractivity (Wildman–Crippen MR) is 61.8 cm³/mol. The van der Waals surface area contributed by atoms with Gasteiger partial charge in [-0.15, -0.1) is 0 Å². The molecule has 1 fully saturated rings. The summed E-state index contributed by atoms with van der Waals surface area (Å²) in [5.41, 5.74) is 0.291. The first-order chi connectivity index (χ1) is 6.40. The normalized spacial score (nSPS) is 18.6. The van der Waals surface area contributed by atoms with Crippen LogP contribution in [0, 0.1) is 16.7 Å². The molecule has 2 nitrogen and oxygen atoms in total. The molecule has 14 heavy (non-hydrogen) atoms. The Balaban J connectivity index is 2.43. The van der Waals surface area contributed by atoms with E-state index in [1.165, 1.54) is 25.7 Å². The van der Waals surface area contributed by atoms with Crippen LogP contribution < -0.4 is 0 Å². The van der Waals surface area contributed by atoms with Crippen molar-refractivity contribution in [1.29, 1.82) is 5.41 Å². The van der Waals surface area contributed by atoms with Gasteiger partial charge < -0.3 is 4.90 Å². The molecular formula is C12H24N2. The van der Waals surface area contributed by atoms with Gasteiger partial charge in [-0.2, -0.15) is 0 Å². The van der Waals surface area contributed by atoms with E-state index in [2.05, 4.69) is 32.7 Å². The summed E-state index contributed by atoms with van der Waals surface area (Å²) >= 11 is 0. The van der Waals surface area contributed by atoms with E-state index in [-0.39, 0.29) is 0 Å². The molecule has 0 aliphatic heterocycles. The van der Waals surface area contributed by atoms with Gasteiger partial charge in [0.25, 0.3) is 0 Å². The summed E-state index contributed by atoms with van der Waals surface area (Å²) in [5.74, 6) is 1.40. The highest BCUT2D eigenvalue weighted by atomic mass is 15.1. The van der Waals surface area contributed by atoms with Gasteiger partial charge in [-0.3, -0.25) is 5.41 Å². The average Bonchev–Trinajstić information content (AvgIpc) is 2.51. The molecule has 0 radical (unpaired) electrons. The third kappa shape index (κ3) is 3.32. The van der Waals surface area contributed by atoms with Crippen molar-refractivity contribution in [2.45, 2.75) is 46.5 Å². The van der Waals surface area contributed by atoms with Crippen molar-refractivity contribution in [2.24, 2.45) is 11.3 Å². The molecule has 0 atom stereocenters. The van der Waals surface area contributed by atoms with E-state index in [0.29, 0.717) is 11.3 Å². The molecule has 0 saturated heterocycles. The van der Waals surface area contributed by atoms with Crippen molar-refractivity contribution < 1.29 is 0 Å². The Kier molecular flexibility index (Phi) is 3.57. The number of hydrogen-bond acceptors (Lipinski definition) is 1. The third-order valence-electron chi connectivity index (χ3n) is 2.86. The van der Waals surface area contributed by atoms with E-state index in [1.54, 1.807) is 0 Å². The molecule has 0 aromatic rings. The van der Waals surface area contributed by atoms with Crippen molar-refractivity contribution in [1.82, 2.24) is 4.90 Å². The first-order valence-electron chi connectivity index (χ1n) is 5.70. The monoisotopic (exact) mass is 196 g/mol. The summed E-state index contributed by atoms with van der Waals surface area (Å²) in [6, 6.07) is 0. The smallest absolute Gasteiger partial charge is 0.0987 e. The van der Waals surface area contributed by atoms with Crippen LogP contribution in [0.5, 0.6) is 0 Å². The van der Waals surface area contributed by atoms with E-state index in [0.717, 1.165) is 12.4 Å². The molecule has 1 rings (SSSR count). The number of rotatable bonds is 2. The van der Waals surface area contributed by atoms with Crippen LogP contribution in [0.1, 0.15) is 46.5 Å². The zero-order valence-electron chi connectivity index (χ0n) is 10.1. The maximum atomic E-state index is 8.10. The lowest BCUT2D eigenvalue weighted by Gasteiger charge is -2.30. The molecule has 82 valence electrons. The summed E-state index contributed by atoms with van der Waals surface area (Å²) < 4.78 is 0. The molecular weight excluding hydrogens is 172 g/mol. The largest absolute Gasteiger partial charge is 0.363 e. The van der Waals surface area contributed by atoms with Crippen LogP contribution in [0.4, 0.5) is 0 Å². The Bertz CT molecular complexity index is 197. The Labute approximate surface area is 88.2 Å². The minimum absolute atomic E-state index is 0.291. The Hall–Kier alpha value is -0.530. The molecule has 1 aliphatic rings. The lowest BCUT2D eigenvalue weighted by molar-refractivity contribution is 0.295. The van der Waals surface area contributed by atoms with Gasteiger partial charge in [0.05, 0.1) is 5.84 Å². The first-order valence-corrected chi connectivity index (χ1v) is 5.70. The highest BCUT2D eigenvalue weighted by Gasteiger charge is 2.24. The molecule has 0 aromatic heterocycles. The van der Waals surface area contributed by atoms with Crippen molar-refractivity contribution in [3.05, 3.63) is 0 Å². The molecule has 0 amide bonds. The molecule has 1 saturated carbocycles. The number of hydrogen-bond donors (Lipinski definition) is 1. The minimum atomic E-state index is 0.291. The van der Waals surface area contributed by atoms with Crippen LogP contribution in [0.15, 0.2) is 0 Å². The number of nitrogens with zero attached hydrogens (tertiary/aromatic N) is 1. The van der Waals surface area contributed by atoms with Gasteiger partial charge >= 0.3 is 0 Å². The minimum Gasteiger partial charge on any atom is -0.363 e. The quantitative estimate of drug-likeness (QED) is 0.533. The second kappa shape index (κ2) is 4.33. The van der Waals surface area contributed by atoms with Gasteiger partial charge in [0.15, 0.2) is 0 Å². The van der Waals surface area contributed by atoms with Crippen molar-refractivity contribution in [3.8, 4) is 0 Å². The summed E-state index contributed by atoms with van der Waals surface area (Å²) in [5, 5.41) is 8.10. The first kappa shape index (κ1) is 11.5. The van der Waals surface area contributed by atoms with Crippen LogP contribution in [0.2, 0.25) is 0 Å². The molecule has 0 spiro atoms. The van der Waals surface area contributed by atoms with E-state index in [9.17, 15) is 0 Å². The van der Waals surface area contributed by atoms with E-state index in [1.807, 2.05) is 0 Å². The highest BCUT2D eigenvalue weighted by molar-refractivity contribution is 5.81. The maximum Gasteiger partial charge on any atom is 0.0987 e. The fourth-order valence-electron chi connectivity index (χ4n) is 2.31. The standard InChI is InChI=1S/C12H24N2/c1-12(2,3)9-14(4)11(13)10-7-5-6-8-10/h10,13H,5-9H2,1-4H3. The van der Waals surface area contributed by atoms with E-state index >= 15 is 0 Å². The molecule has 1 N–H and O–H groups in total. The highest BCUT2D eigenvalue weighted by Crippen LogP contribution is 2.27. The van der Waals surface area contributed by atoms with Crippen LogP contribution >= 0.6 is 0 Å². The topological polar surface area (TPSA) is 27.1 Å². The van der Waals surface area contributed by atoms with Crippen molar-refractivity contribution in [3.63, 3.8) is 0 Å². The fourth-order valence-corrected chi connectivity index (χ4v) is 2.31. The summed E-state index contributed by atoms with van der Waals surface area (Å²) in [4.78, 5) is 2.13. The fraction of sp³-hybridized carbons (Fsp3) is 0.917. The van der Waals surface area contributed by atoms with Gasteiger partial charge in [-0.1, -0.05) is 33.6 Å². The molecule has 0 heterocycles. The van der Waals surface area contributed by atoms with Crippen LogP contribution in [0.3, 0.4) is 0 Å². The van der Waals surface area contributed by atoms with Gasteiger partial charge in [-0.05, 0) is 18.3 Å². The molecule has 0 bridgehead atoms. The number of nitrogens with one attached hydrogen (secondary N) is 1. The van der Waals surface area contributed by atoms with Crippen molar-refractivity contribution in [2.75, 3.05) is 13.6 Å². The van der Waals surface area contributed by atoms with Crippen LogP contribution in [-0.4, -0.2) is 24.3 Å². The Morgan fingerprint density at radius 3 is 2.21 bits per heavy atom. The summed E-state index contributed by atoms with van der Waals surface area (Å²) in [7, 11) is 2.06. The zero-order valence-corrected chi connectivity index (χ0v) is 10.1. The van der Waals surface area contributed by atoms with Crippen LogP contribution in [0.25, 0.3) is 0 Å². The van der Waals surface area contributed by atoms with E-state index in [4.69, 9.17) is 5.41 Å². The Morgan fingerprint density at radius 1 is 1.29 bits per heavy atom. The molecule has 2 heteroatoms. The Morgan fingerprint density at radius 2 is 1.79 bits per heavy atom. The van der Waals surface area contributed by atoms with Gasteiger partial charge in [-0.25, -0.2) is 0 Å². The second-order valence-corrected chi connectivity index (χ2v) is 5.78. The van der Waals surface area contributed by atoms with Gasteiger partial charge in [0.2, 0.25) is 0 Å². The van der Waals surface area contributed by atoms with Gasteiger partial charge in [0.1, 0.15) is 0 Å². The number of amidine groups is 1. The predicted octanol–water partition coefficient (Wildman–Crippen LogP) is 3.13. The lowest BCUT2D eigenvalue weighted by Crippen LogP contribution is -2.37. The van der Waals surface area contributed by atoms with Gasteiger partial charge in [0, 0.05) is 19.5 Å². The maximum absolute atomic E-state index is 8.10. The zero-order chi connectivity index (χ0) is 10.8. The lowest BCUT2D eigenvalue weighted by atomic mass is 9.95. The summed E-state index contributed by atoms with van der Waals surface area (Å²) in [6.45, 7) is 7.67. The van der Waals surface area contributed by atoms with E-state index < -0.39 is 0 Å². The SMILES string of the molecule is CN(CC(C)(C)C)C(=N)C1CCCC1. The molecule has 0 aromatic carbocycles. The third-order valence-corrected chi connectivity index (χ3v) is 2.86. The average molecular weight is 196 g/mol. The molecule has 1 aliphatic carbocycles. The van der Waals surface area contributed by atoms with Crippen LogP contribution in [-0.2, 0) is 0 Å².